The molecule has 1 aromatic carbocycles. The second-order valence-corrected chi connectivity index (χ2v) is 9.07. The van der Waals surface area contributed by atoms with Crippen LogP contribution in [-0.2, 0) is 21.2 Å². The van der Waals surface area contributed by atoms with Gasteiger partial charge in [-0.3, -0.25) is 4.98 Å². The summed E-state index contributed by atoms with van der Waals surface area (Å²) in [6.45, 7) is 1.16. The summed E-state index contributed by atoms with van der Waals surface area (Å²) in [6.07, 6.45) is 5.95. The molecule has 1 fully saturated rings. The van der Waals surface area contributed by atoms with Gasteiger partial charge in [0.15, 0.2) is 0 Å². The smallest absolute Gasteiger partial charge is 0.338 e. The van der Waals surface area contributed by atoms with Crippen molar-refractivity contribution in [3.05, 3.63) is 60.2 Å². The van der Waals surface area contributed by atoms with Gasteiger partial charge in [0.25, 0.3) is 0 Å². The van der Waals surface area contributed by atoms with Crippen LogP contribution in [0, 0.1) is 0 Å². The Balaban J connectivity index is 1.30. The van der Waals surface area contributed by atoms with Crippen molar-refractivity contribution in [2.75, 3.05) is 19.7 Å². The van der Waals surface area contributed by atoms with Crippen molar-refractivity contribution < 1.29 is 22.5 Å². The number of esters is 1. The zero-order chi connectivity index (χ0) is 21.7. The van der Waals surface area contributed by atoms with Crippen LogP contribution in [0.25, 0.3) is 11.4 Å². The second-order valence-electron chi connectivity index (χ2n) is 7.13. The molecule has 0 amide bonds. The average molecular weight is 442 g/mol. The van der Waals surface area contributed by atoms with E-state index in [1.54, 1.807) is 30.6 Å². The molecule has 0 bridgehead atoms. The third-order valence-corrected chi connectivity index (χ3v) is 6.82. The van der Waals surface area contributed by atoms with Gasteiger partial charge in [-0.05, 0) is 49.6 Å². The van der Waals surface area contributed by atoms with Gasteiger partial charge in [0.2, 0.25) is 21.7 Å². The number of carbonyl (C=O) groups is 1. The Morgan fingerprint density at radius 1 is 1.16 bits per heavy atom. The standard InChI is InChI=1S/C21H22N4O5S/c26-21(16-6-3-8-18(14-16)31(27,28)25-11-1-2-12-25)29-13-5-9-19-23-20(24-30-19)17-7-4-10-22-15-17/h3-4,6-8,10,14-15H,1-2,5,9,11-13H2. The number of ether oxygens (including phenoxy) is 1. The van der Waals surface area contributed by atoms with Crippen LogP contribution >= 0.6 is 0 Å². The zero-order valence-electron chi connectivity index (χ0n) is 16.8. The van der Waals surface area contributed by atoms with Crippen molar-refractivity contribution in [3.8, 4) is 11.4 Å². The van der Waals surface area contributed by atoms with Gasteiger partial charge >= 0.3 is 5.97 Å². The maximum absolute atomic E-state index is 12.7. The number of hydrogen-bond acceptors (Lipinski definition) is 8. The number of hydrogen-bond donors (Lipinski definition) is 0. The van der Waals surface area contributed by atoms with E-state index in [1.165, 1.54) is 16.4 Å². The SMILES string of the molecule is O=C(OCCCc1nc(-c2cccnc2)no1)c1cccc(S(=O)(=O)N2CCCC2)c1. The lowest BCUT2D eigenvalue weighted by Gasteiger charge is -2.15. The van der Waals surface area contributed by atoms with E-state index >= 15 is 0 Å². The number of aryl methyl sites for hydroxylation is 1. The molecule has 0 unspecified atom stereocenters. The van der Waals surface area contributed by atoms with Gasteiger partial charge in [0.05, 0.1) is 17.1 Å². The molecule has 1 aliphatic heterocycles. The van der Waals surface area contributed by atoms with E-state index in [4.69, 9.17) is 9.26 Å². The van der Waals surface area contributed by atoms with Gasteiger partial charge in [0, 0.05) is 37.5 Å². The molecule has 3 aromatic rings. The number of aromatic nitrogens is 3. The molecule has 0 atom stereocenters. The third-order valence-electron chi connectivity index (χ3n) is 4.93. The molecular weight excluding hydrogens is 420 g/mol. The van der Waals surface area contributed by atoms with Crippen LogP contribution in [0.1, 0.15) is 35.5 Å². The monoisotopic (exact) mass is 442 g/mol. The van der Waals surface area contributed by atoms with E-state index in [2.05, 4.69) is 15.1 Å². The lowest BCUT2D eigenvalue weighted by Crippen LogP contribution is -2.28. The second kappa shape index (κ2) is 9.36. The van der Waals surface area contributed by atoms with Gasteiger partial charge in [-0.2, -0.15) is 9.29 Å². The first-order valence-electron chi connectivity index (χ1n) is 10.0. The van der Waals surface area contributed by atoms with Crippen molar-refractivity contribution in [1.82, 2.24) is 19.4 Å². The molecule has 0 spiro atoms. The first-order valence-corrected chi connectivity index (χ1v) is 11.5. The number of nitrogens with zero attached hydrogens (tertiary/aromatic N) is 4. The number of carbonyl (C=O) groups excluding carboxylic acids is 1. The summed E-state index contributed by atoms with van der Waals surface area (Å²) >= 11 is 0. The lowest BCUT2D eigenvalue weighted by molar-refractivity contribution is 0.0498. The van der Waals surface area contributed by atoms with Crippen LogP contribution in [0.5, 0.6) is 0 Å². The molecule has 31 heavy (non-hydrogen) atoms. The number of sulfonamides is 1. The minimum absolute atomic E-state index is 0.109. The fraction of sp³-hybridized carbons (Fsp3) is 0.333. The lowest BCUT2D eigenvalue weighted by atomic mass is 10.2. The molecule has 9 nitrogen and oxygen atoms in total. The molecule has 0 aliphatic carbocycles. The Kier molecular flexibility index (Phi) is 6.38. The van der Waals surface area contributed by atoms with E-state index in [9.17, 15) is 13.2 Å². The quantitative estimate of drug-likeness (QED) is 0.386. The van der Waals surface area contributed by atoms with E-state index < -0.39 is 16.0 Å². The highest BCUT2D eigenvalue weighted by Gasteiger charge is 2.27. The summed E-state index contributed by atoms with van der Waals surface area (Å²) in [4.78, 5) is 20.8. The first-order chi connectivity index (χ1) is 15.0. The van der Waals surface area contributed by atoms with E-state index in [0.29, 0.717) is 37.6 Å². The summed E-state index contributed by atoms with van der Waals surface area (Å²) in [6, 6.07) is 9.59. The molecule has 2 aromatic heterocycles. The van der Waals surface area contributed by atoms with Crippen molar-refractivity contribution in [2.45, 2.75) is 30.6 Å². The Hall–Kier alpha value is -3.11. The predicted octanol–water partition coefficient (Wildman–Crippen LogP) is 2.71. The van der Waals surface area contributed by atoms with Crippen molar-refractivity contribution in [1.29, 1.82) is 0 Å². The summed E-state index contributed by atoms with van der Waals surface area (Å²) < 4.78 is 37.3. The Bertz CT molecular complexity index is 1140. The maximum atomic E-state index is 12.7. The normalized spacial score (nSPS) is 14.6. The Morgan fingerprint density at radius 3 is 2.77 bits per heavy atom. The molecule has 10 heteroatoms. The van der Waals surface area contributed by atoms with Crippen LogP contribution in [-0.4, -0.2) is 53.5 Å². The van der Waals surface area contributed by atoms with Gasteiger partial charge in [0.1, 0.15) is 0 Å². The molecule has 3 heterocycles. The Morgan fingerprint density at radius 2 is 2.00 bits per heavy atom. The molecule has 0 N–H and O–H groups in total. The first kappa shape index (κ1) is 21.1. The van der Waals surface area contributed by atoms with Gasteiger partial charge in [-0.15, -0.1) is 0 Å². The van der Waals surface area contributed by atoms with Gasteiger partial charge < -0.3 is 9.26 Å². The number of benzene rings is 1. The highest BCUT2D eigenvalue weighted by Crippen LogP contribution is 2.22. The molecule has 1 aliphatic rings. The van der Waals surface area contributed by atoms with Crippen LogP contribution in [0.2, 0.25) is 0 Å². The van der Waals surface area contributed by atoms with Crippen molar-refractivity contribution in [3.63, 3.8) is 0 Å². The van der Waals surface area contributed by atoms with Crippen molar-refractivity contribution in [2.24, 2.45) is 0 Å². The number of pyridine rings is 1. The highest BCUT2D eigenvalue weighted by atomic mass is 32.2. The maximum Gasteiger partial charge on any atom is 0.338 e. The number of rotatable bonds is 8. The van der Waals surface area contributed by atoms with Gasteiger partial charge in [-0.1, -0.05) is 11.2 Å². The molecule has 1 saturated heterocycles. The summed E-state index contributed by atoms with van der Waals surface area (Å²) in [5, 5.41) is 3.92. The molecular formula is C21H22N4O5S. The fourth-order valence-corrected chi connectivity index (χ4v) is 4.86. The molecule has 0 radical (unpaired) electrons. The topological polar surface area (TPSA) is 115 Å². The summed E-state index contributed by atoms with van der Waals surface area (Å²) in [7, 11) is -3.58. The molecule has 0 saturated carbocycles. The van der Waals surface area contributed by atoms with Crippen LogP contribution in [0.3, 0.4) is 0 Å². The largest absolute Gasteiger partial charge is 0.462 e. The van der Waals surface area contributed by atoms with Crippen LogP contribution in [0.4, 0.5) is 0 Å². The average Bonchev–Trinajstić information content (AvgIpc) is 3.50. The summed E-state index contributed by atoms with van der Waals surface area (Å²) in [5.41, 5.74) is 0.963. The minimum atomic E-state index is -3.58. The fourth-order valence-electron chi connectivity index (χ4n) is 3.30. The molecule has 4 rings (SSSR count). The van der Waals surface area contributed by atoms with Crippen LogP contribution < -0.4 is 0 Å². The van der Waals surface area contributed by atoms with E-state index in [1.807, 2.05) is 6.07 Å². The summed E-state index contributed by atoms with van der Waals surface area (Å²) in [5.74, 6) is 0.324. The predicted molar refractivity (Wildman–Crippen MR) is 111 cm³/mol. The Labute approximate surface area is 180 Å². The minimum Gasteiger partial charge on any atom is -0.462 e. The van der Waals surface area contributed by atoms with Crippen molar-refractivity contribution >= 4 is 16.0 Å². The zero-order valence-corrected chi connectivity index (χ0v) is 17.6. The van der Waals surface area contributed by atoms with E-state index in [-0.39, 0.29) is 17.1 Å². The van der Waals surface area contributed by atoms with Crippen LogP contribution in [0.15, 0.2) is 58.2 Å². The third kappa shape index (κ3) is 4.97. The van der Waals surface area contributed by atoms with Gasteiger partial charge in [-0.25, -0.2) is 13.2 Å². The van der Waals surface area contributed by atoms with E-state index in [0.717, 1.165) is 18.4 Å². The highest BCUT2D eigenvalue weighted by molar-refractivity contribution is 7.89. The molecule has 162 valence electrons.